The van der Waals surface area contributed by atoms with Crippen LogP contribution in [-0.2, 0) is 9.53 Å². The number of rotatable bonds is 3. The van der Waals surface area contributed by atoms with Gasteiger partial charge < -0.3 is 15.8 Å². The van der Waals surface area contributed by atoms with Gasteiger partial charge in [-0.1, -0.05) is 18.8 Å². The van der Waals surface area contributed by atoms with Gasteiger partial charge in [-0.05, 0) is 37.1 Å². The SMILES string of the molecule is CCC1OCCC1C(=O)Nc1ccc(C#CCN)cc1. The quantitative estimate of drug-likeness (QED) is 0.824. The van der Waals surface area contributed by atoms with E-state index >= 15 is 0 Å². The van der Waals surface area contributed by atoms with E-state index in [9.17, 15) is 4.79 Å². The molecule has 1 heterocycles. The summed E-state index contributed by atoms with van der Waals surface area (Å²) in [5.74, 6) is 5.74. The van der Waals surface area contributed by atoms with Crippen LogP contribution in [-0.4, -0.2) is 25.2 Å². The number of amides is 1. The lowest BCUT2D eigenvalue weighted by Gasteiger charge is -2.16. The van der Waals surface area contributed by atoms with Crippen LogP contribution in [0, 0.1) is 17.8 Å². The summed E-state index contributed by atoms with van der Waals surface area (Å²) in [5, 5.41) is 2.94. The minimum absolute atomic E-state index is 0.0372. The molecule has 0 bridgehead atoms. The van der Waals surface area contributed by atoms with Gasteiger partial charge >= 0.3 is 0 Å². The summed E-state index contributed by atoms with van der Waals surface area (Å²) in [6.07, 6.45) is 1.71. The Balaban J connectivity index is 1.97. The summed E-state index contributed by atoms with van der Waals surface area (Å²) < 4.78 is 5.55. The highest BCUT2D eigenvalue weighted by Crippen LogP contribution is 2.24. The minimum atomic E-state index is -0.0447. The third kappa shape index (κ3) is 3.60. The number of carbonyl (C=O) groups excluding carboxylic acids is 1. The van der Waals surface area contributed by atoms with Crippen molar-refractivity contribution in [3.63, 3.8) is 0 Å². The van der Waals surface area contributed by atoms with Crippen LogP contribution >= 0.6 is 0 Å². The Bertz CT molecular complexity index is 514. The van der Waals surface area contributed by atoms with Crippen molar-refractivity contribution in [2.45, 2.75) is 25.9 Å². The fourth-order valence-corrected chi connectivity index (χ4v) is 2.38. The molecule has 0 aliphatic carbocycles. The van der Waals surface area contributed by atoms with Gasteiger partial charge in [0.05, 0.1) is 18.6 Å². The zero-order valence-corrected chi connectivity index (χ0v) is 11.7. The highest BCUT2D eigenvalue weighted by atomic mass is 16.5. The van der Waals surface area contributed by atoms with Crippen molar-refractivity contribution in [2.75, 3.05) is 18.5 Å². The average Bonchev–Trinajstić information content (AvgIpc) is 2.95. The van der Waals surface area contributed by atoms with Crippen LogP contribution in [0.4, 0.5) is 5.69 Å². The Labute approximate surface area is 119 Å². The topological polar surface area (TPSA) is 64.3 Å². The molecule has 3 N–H and O–H groups in total. The highest BCUT2D eigenvalue weighted by Gasteiger charge is 2.32. The Morgan fingerprint density at radius 3 is 2.85 bits per heavy atom. The highest BCUT2D eigenvalue weighted by molar-refractivity contribution is 5.93. The fraction of sp³-hybridized carbons (Fsp3) is 0.438. The number of hydrogen-bond donors (Lipinski definition) is 2. The molecule has 0 radical (unpaired) electrons. The molecular formula is C16H20N2O2. The normalized spacial score (nSPS) is 21.1. The van der Waals surface area contributed by atoms with Gasteiger partial charge in [0.15, 0.2) is 0 Å². The predicted octanol–water partition coefficient (Wildman–Crippen LogP) is 1.75. The standard InChI is InChI=1S/C16H20N2O2/c1-2-15-14(9-11-20-15)16(19)18-13-7-5-12(6-8-13)4-3-10-17/h5-8,14-15H,2,9-11,17H2,1H3,(H,18,19). The van der Waals surface area contributed by atoms with Crippen LogP contribution in [0.2, 0.25) is 0 Å². The Hall–Kier alpha value is -1.83. The first-order chi connectivity index (χ1) is 9.74. The maximum atomic E-state index is 12.2. The van der Waals surface area contributed by atoms with Crippen molar-refractivity contribution in [3.8, 4) is 11.8 Å². The lowest BCUT2D eigenvalue weighted by Crippen LogP contribution is -2.29. The summed E-state index contributed by atoms with van der Waals surface area (Å²) in [6.45, 7) is 3.06. The van der Waals surface area contributed by atoms with Crippen LogP contribution in [0.1, 0.15) is 25.3 Å². The van der Waals surface area contributed by atoms with E-state index in [2.05, 4.69) is 17.2 Å². The average molecular weight is 272 g/mol. The predicted molar refractivity (Wildman–Crippen MR) is 79.1 cm³/mol. The number of nitrogens with two attached hydrogens (primary N) is 1. The van der Waals surface area contributed by atoms with Gasteiger partial charge in [-0.3, -0.25) is 4.79 Å². The summed E-state index contributed by atoms with van der Waals surface area (Å²) in [5.41, 5.74) is 7.01. The molecule has 2 rings (SSSR count). The molecular weight excluding hydrogens is 252 g/mol. The molecule has 1 aliphatic rings. The first-order valence-corrected chi connectivity index (χ1v) is 6.96. The number of hydrogen-bond acceptors (Lipinski definition) is 3. The van der Waals surface area contributed by atoms with Gasteiger partial charge in [-0.15, -0.1) is 0 Å². The third-order valence-electron chi connectivity index (χ3n) is 3.44. The minimum Gasteiger partial charge on any atom is -0.377 e. The third-order valence-corrected chi connectivity index (χ3v) is 3.44. The van der Waals surface area contributed by atoms with Crippen LogP contribution < -0.4 is 11.1 Å². The van der Waals surface area contributed by atoms with Crippen molar-refractivity contribution in [1.29, 1.82) is 0 Å². The second-order valence-electron chi connectivity index (χ2n) is 4.79. The molecule has 1 fully saturated rings. The van der Waals surface area contributed by atoms with Gasteiger partial charge in [0.2, 0.25) is 5.91 Å². The number of carbonyl (C=O) groups is 1. The Morgan fingerprint density at radius 1 is 1.45 bits per heavy atom. The molecule has 20 heavy (non-hydrogen) atoms. The zero-order chi connectivity index (χ0) is 14.4. The lowest BCUT2D eigenvalue weighted by molar-refractivity contribution is -0.121. The van der Waals surface area contributed by atoms with Gasteiger partial charge in [0.25, 0.3) is 0 Å². The summed E-state index contributed by atoms with van der Waals surface area (Å²) >= 11 is 0. The summed E-state index contributed by atoms with van der Waals surface area (Å²) in [7, 11) is 0. The molecule has 0 saturated carbocycles. The van der Waals surface area contributed by atoms with E-state index in [-0.39, 0.29) is 17.9 Å². The van der Waals surface area contributed by atoms with Crippen LogP contribution in [0.5, 0.6) is 0 Å². The Morgan fingerprint density at radius 2 is 2.20 bits per heavy atom. The van der Waals surface area contributed by atoms with Crippen molar-refractivity contribution in [2.24, 2.45) is 11.7 Å². The molecule has 106 valence electrons. The van der Waals surface area contributed by atoms with E-state index in [0.29, 0.717) is 13.2 Å². The first kappa shape index (κ1) is 14.6. The van der Waals surface area contributed by atoms with Gasteiger partial charge in [0, 0.05) is 17.9 Å². The van der Waals surface area contributed by atoms with Crippen molar-refractivity contribution >= 4 is 11.6 Å². The molecule has 1 aromatic carbocycles. The van der Waals surface area contributed by atoms with E-state index in [1.807, 2.05) is 31.2 Å². The molecule has 1 aromatic rings. The number of nitrogens with one attached hydrogen (secondary N) is 1. The number of benzene rings is 1. The van der Waals surface area contributed by atoms with Gasteiger partial charge in [0.1, 0.15) is 0 Å². The van der Waals surface area contributed by atoms with E-state index in [1.165, 1.54) is 0 Å². The second kappa shape index (κ2) is 7.09. The molecule has 2 unspecified atom stereocenters. The molecule has 0 spiro atoms. The molecule has 4 nitrogen and oxygen atoms in total. The molecule has 1 aliphatic heterocycles. The van der Waals surface area contributed by atoms with Crippen molar-refractivity contribution in [1.82, 2.24) is 0 Å². The van der Waals surface area contributed by atoms with E-state index in [0.717, 1.165) is 24.1 Å². The molecule has 1 amide bonds. The van der Waals surface area contributed by atoms with Crippen LogP contribution in [0.25, 0.3) is 0 Å². The number of ether oxygens (including phenoxy) is 1. The zero-order valence-electron chi connectivity index (χ0n) is 11.7. The Kier molecular flexibility index (Phi) is 5.16. The maximum absolute atomic E-state index is 12.2. The summed E-state index contributed by atoms with van der Waals surface area (Å²) in [4.78, 5) is 12.2. The second-order valence-corrected chi connectivity index (χ2v) is 4.79. The van der Waals surface area contributed by atoms with E-state index in [4.69, 9.17) is 10.5 Å². The summed E-state index contributed by atoms with van der Waals surface area (Å²) in [6, 6.07) is 7.46. The van der Waals surface area contributed by atoms with E-state index in [1.54, 1.807) is 0 Å². The van der Waals surface area contributed by atoms with Crippen molar-refractivity contribution < 1.29 is 9.53 Å². The van der Waals surface area contributed by atoms with Gasteiger partial charge in [-0.2, -0.15) is 0 Å². The molecule has 2 atom stereocenters. The monoisotopic (exact) mass is 272 g/mol. The van der Waals surface area contributed by atoms with E-state index < -0.39 is 0 Å². The molecule has 4 heteroatoms. The lowest BCUT2D eigenvalue weighted by atomic mass is 9.98. The maximum Gasteiger partial charge on any atom is 0.230 e. The first-order valence-electron chi connectivity index (χ1n) is 6.96. The largest absolute Gasteiger partial charge is 0.377 e. The van der Waals surface area contributed by atoms with Crippen LogP contribution in [0.3, 0.4) is 0 Å². The number of anilines is 1. The van der Waals surface area contributed by atoms with Gasteiger partial charge in [-0.25, -0.2) is 0 Å². The molecule has 1 saturated heterocycles. The fourth-order valence-electron chi connectivity index (χ4n) is 2.38. The van der Waals surface area contributed by atoms with Crippen LogP contribution in [0.15, 0.2) is 24.3 Å². The van der Waals surface area contributed by atoms with Crippen molar-refractivity contribution in [3.05, 3.63) is 29.8 Å². The molecule has 0 aromatic heterocycles. The smallest absolute Gasteiger partial charge is 0.230 e.